The summed E-state index contributed by atoms with van der Waals surface area (Å²) in [5.74, 6) is 0.0699. The summed E-state index contributed by atoms with van der Waals surface area (Å²) in [7, 11) is 0. The molecule has 7 heteroatoms. The molecule has 156 valence electrons. The van der Waals surface area contributed by atoms with E-state index in [4.69, 9.17) is 0 Å². The number of fused-ring (bicyclic) bond motifs is 1. The van der Waals surface area contributed by atoms with Crippen LogP contribution < -0.4 is 10.9 Å². The van der Waals surface area contributed by atoms with Crippen LogP contribution in [0.25, 0.3) is 16.6 Å². The summed E-state index contributed by atoms with van der Waals surface area (Å²) in [6.45, 7) is 2.31. The number of carbonyl (C=O) groups is 1. The first-order chi connectivity index (χ1) is 15.1. The Balaban J connectivity index is 1.47. The Morgan fingerprint density at radius 3 is 2.55 bits per heavy atom. The van der Waals surface area contributed by atoms with Crippen molar-refractivity contribution in [3.05, 3.63) is 88.0 Å². The molecule has 1 N–H and O–H groups in total. The summed E-state index contributed by atoms with van der Waals surface area (Å²) in [4.78, 5) is 25.9. The predicted octanol–water partition coefficient (Wildman–Crippen LogP) is 3.08. The average Bonchev–Trinajstić information content (AvgIpc) is 3.53. The second-order valence-electron chi connectivity index (χ2n) is 8.04. The van der Waals surface area contributed by atoms with Gasteiger partial charge in [-0.05, 0) is 37.5 Å². The normalized spacial score (nSPS) is 13.5. The Hall–Kier alpha value is -3.74. The number of aryl methyl sites for hydroxylation is 1. The number of rotatable bonds is 6. The topological polar surface area (TPSA) is 81.8 Å². The number of benzene rings is 2. The Morgan fingerprint density at radius 2 is 1.84 bits per heavy atom. The Morgan fingerprint density at radius 1 is 1.10 bits per heavy atom. The summed E-state index contributed by atoms with van der Waals surface area (Å²) in [6, 6.07) is 17.5. The molecule has 1 fully saturated rings. The van der Waals surface area contributed by atoms with Crippen molar-refractivity contribution in [2.24, 2.45) is 0 Å². The van der Waals surface area contributed by atoms with Crippen LogP contribution in [0.2, 0.25) is 0 Å². The van der Waals surface area contributed by atoms with Crippen molar-refractivity contribution in [1.82, 2.24) is 24.9 Å². The van der Waals surface area contributed by atoms with Gasteiger partial charge in [-0.2, -0.15) is 10.2 Å². The first kappa shape index (κ1) is 19.2. The van der Waals surface area contributed by atoms with Gasteiger partial charge in [-0.3, -0.25) is 9.59 Å². The summed E-state index contributed by atoms with van der Waals surface area (Å²) in [6.07, 6.45) is 3.79. The van der Waals surface area contributed by atoms with Gasteiger partial charge in [0.25, 0.3) is 5.56 Å². The van der Waals surface area contributed by atoms with Crippen LogP contribution in [0.15, 0.2) is 65.6 Å². The third kappa shape index (κ3) is 3.86. The van der Waals surface area contributed by atoms with Crippen molar-refractivity contribution in [2.45, 2.75) is 38.8 Å². The Labute approximate surface area is 179 Å². The van der Waals surface area contributed by atoms with Gasteiger partial charge in [0.15, 0.2) is 0 Å². The maximum absolute atomic E-state index is 13.3. The lowest BCUT2D eigenvalue weighted by Crippen LogP contribution is -2.34. The van der Waals surface area contributed by atoms with Crippen LogP contribution in [0.5, 0.6) is 0 Å². The molecular weight excluding hydrogens is 390 g/mol. The minimum absolute atomic E-state index is 0.125. The molecule has 0 bridgehead atoms. The number of amides is 1. The molecule has 0 aliphatic heterocycles. The van der Waals surface area contributed by atoms with E-state index in [9.17, 15) is 9.59 Å². The van der Waals surface area contributed by atoms with Gasteiger partial charge in [0, 0.05) is 17.8 Å². The van der Waals surface area contributed by atoms with Gasteiger partial charge in [0.1, 0.15) is 12.1 Å². The fourth-order valence-electron chi connectivity index (χ4n) is 3.72. The van der Waals surface area contributed by atoms with Gasteiger partial charge >= 0.3 is 0 Å². The maximum Gasteiger partial charge on any atom is 0.293 e. The van der Waals surface area contributed by atoms with Crippen LogP contribution in [-0.2, 0) is 17.9 Å². The third-order valence-corrected chi connectivity index (χ3v) is 5.58. The minimum atomic E-state index is -0.314. The minimum Gasteiger partial charge on any atom is -0.350 e. The van der Waals surface area contributed by atoms with Crippen molar-refractivity contribution in [3.63, 3.8) is 0 Å². The number of nitrogens with one attached hydrogen (secondary N) is 1. The first-order valence-corrected chi connectivity index (χ1v) is 10.5. The Bertz CT molecular complexity index is 1300. The second-order valence-corrected chi connectivity index (χ2v) is 8.04. The number of nitrogens with zero attached hydrogens (tertiary/aromatic N) is 4. The highest BCUT2D eigenvalue weighted by Crippen LogP contribution is 2.41. The van der Waals surface area contributed by atoms with Crippen molar-refractivity contribution < 1.29 is 4.79 Å². The van der Waals surface area contributed by atoms with E-state index in [1.165, 1.54) is 10.2 Å². The largest absolute Gasteiger partial charge is 0.350 e. The van der Waals surface area contributed by atoms with Crippen molar-refractivity contribution in [3.8, 4) is 5.69 Å². The molecule has 2 heterocycles. The van der Waals surface area contributed by atoms with Gasteiger partial charge in [0.2, 0.25) is 5.91 Å². The van der Waals surface area contributed by atoms with E-state index in [1.54, 1.807) is 10.9 Å². The molecule has 5 rings (SSSR count). The van der Waals surface area contributed by atoms with Gasteiger partial charge < -0.3 is 5.32 Å². The lowest BCUT2D eigenvalue weighted by atomic mass is 10.1. The highest BCUT2D eigenvalue weighted by atomic mass is 16.2. The van der Waals surface area contributed by atoms with Gasteiger partial charge in [0.05, 0.1) is 17.6 Å². The van der Waals surface area contributed by atoms with E-state index in [0.717, 1.165) is 35.2 Å². The Kier molecular flexibility index (Phi) is 4.86. The van der Waals surface area contributed by atoms with E-state index in [2.05, 4.69) is 15.5 Å². The monoisotopic (exact) mass is 413 g/mol. The molecule has 31 heavy (non-hydrogen) atoms. The van der Waals surface area contributed by atoms with E-state index in [0.29, 0.717) is 18.0 Å². The molecule has 4 aromatic rings. The summed E-state index contributed by atoms with van der Waals surface area (Å²) < 4.78 is 2.92. The number of carbonyl (C=O) groups excluding carboxylic acids is 1. The van der Waals surface area contributed by atoms with Gasteiger partial charge in [-0.1, -0.05) is 48.0 Å². The van der Waals surface area contributed by atoms with Crippen LogP contribution >= 0.6 is 0 Å². The number of aromatic nitrogens is 4. The quantitative estimate of drug-likeness (QED) is 0.527. The lowest BCUT2D eigenvalue weighted by molar-refractivity contribution is -0.122. The third-order valence-electron chi connectivity index (χ3n) is 5.58. The molecule has 0 atom stereocenters. The second kappa shape index (κ2) is 7.83. The molecule has 1 aliphatic rings. The van der Waals surface area contributed by atoms with Crippen molar-refractivity contribution in [2.75, 3.05) is 0 Å². The van der Waals surface area contributed by atoms with Crippen molar-refractivity contribution >= 4 is 16.8 Å². The molecule has 0 spiro atoms. The predicted molar refractivity (Wildman–Crippen MR) is 118 cm³/mol. The maximum atomic E-state index is 13.3. The average molecular weight is 413 g/mol. The zero-order chi connectivity index (χ0) is 21.4. The van der Waals surface area contributed by atoms with E-state index < -0.39 is 0 Å². The van der Waals surface area contributed by atoms with Crippen LogP contribution in [0.3, 0.4) is 0 Å². The smallest absolute Gasteiger partial charge is 0.293 e. The highest BCUT2D eigenvalue weighted by molar-refractivity contribution is 5.83. The molecule has 7 nitrogen and oxygen atoms in total. The number of hydrogen-bond acceptors (Lipinski definition) is 4. The molecule has 0 saturated heterocycles. The van der Waals surface area contributed by atoms with Crippen LogP contribution in [0.4, 0.5) is 0 Å². The van der Waals surface area contributed by atoms with Crippen LogP contribution in [0.1, 0.15) is 35.6 Å². The number of hydrogen-bond donors (Lipinski definition) is 1. The van der Waals surface area contributed by atoms with Crippen LogP contribution in [-0.4, -0.2) is 25.5 Å². The summed E-state index contributed by atoms with van der Waals surface area (Å²) in [5.41, 5.74) is 3.99. The van der Waals surface area contributed by atoms with Gasteiger partial charge in [-0.25, -0.2) is 9.36 Å². The molecule has 1 amide bonds. The van der Waals surface area contributed by atoms with Crippen LogP contribution in [0, 0.1) is 6.92 Å². The molecule has 0 radical (unpaired) electrons. The SMILES string of the molecule is Cc1ccc(CNC(=O)Cn2nc(C3CC3)c3cnn(-c4ccccc4)c3c2=O)cc1. The van der Waals surface area contributed by atoms with Crippen molar-refractivity contribution in [1.29, 1.82) is 0 Å². The first-order valence-electron chi connectivity index (χ1n) is 10.5. The van der Waals surface area contributed by atoms with Gasteiger partial charge in [-0.15, -0.1) is 0 Å². The molecular formula is C24H23N5O2. The lowest BCUT2D eigenvalue weighted by Gasteiger charge is -2.11. The molecule has 2 aromatic carbocycles. The number of para-hydroxylation sites is 1. The van der Waals surface area contributed by atoms with E-state index in [1.807, 2.05) is 61.5 Å². The fraction of sp³-hybridized carbons (Fsp3) is 0.250. The fourth-order valence-corrected chi connectivity index (χ4v) is 3.72. The molecule has 2 aromatic heterocycles. The zero-order valence-electron chi connectivity index (χ0n) is 17.3. The highest BCUT2D eigenvalue weighted by Gasteiger charge is 2.30. The summed E-state index contributed by atoms with van der Waals surface area (Å²) in [5, 5.41) is 12.7. The molecule has 0 unspecified atom stereocenters. The molecule has 1 aliphatic carbocycles. The zero-order valence-corrected chi connectivity index (χ0v) is 17.3. The van der Waals surface area contributed by atoms with E-state index in [-0.39, 0.29) is 18.0 Å². The van der Waals surface area contributed by atoms with E-state index >= 15 is 0 Å². The summed E-state index contributed by atoms with van der Waals surface area (Å²) >= 11 is 0. The standard InChI is InChI=1S/C24H23N5O2/c1-16-7-9-17(10-8-16)13-25-21(30)15-28-24(31)23-20(22(27-28)18-11-12-18)14-26-29(23)19-5-3-2-4-6-19/h2-10,14,18H,11-13,15H2,1H3,(H,25,30). The molecule has 1 saturated carbocycles.